The van der Waals surface area contributed by atoms with E-state index in [1.807, 2.05) is 12.1 Å². The third-order valence-electron chi connectivity index (χ3n) is 2.74. The van der Waals surface area contributed by atoms with Crippen LogP contribution < -0.4 is 10.6 Å². The molecule has 0 amide bonds. The second kappa shape index (κ2) is 4.84. The molecule has 2 rings (SSSR count). The molecule has 1 heterocycles. The summed E-state index contributed by atoms with van der Waals surface area (Å²) in [6.45, 7) is 1.25. The number of halogens is 2. The van der Waals surface area contributed by atoms with Gasteiger partial charge in [0.1, 0.15) is 0 Å². The number of carboxylic acids is 1. The minimum atomic E-state index is -0.815. The van der Waals surface area contributed by atoms with Gasteiger partial charge in [0, 0.05) is 17.6 Å². The lowest BCUT2D eigenvalue weighted by Gasteiger charge is -2.43. The highest BCUT2D eigenvalue weighted by atomic mass is 79.9. The minimum absolute atomic E-state index is 0.0723. The molecule has 1 aromatic rings. The molecule has 1 fully saturated rings. The Balaban J connectivity index is 2.18. The summed E-state index contributed by atoms with van der Waals surface area (Å²) in [7, 11) is 0. The molecule has 1 saturated heterocycles. The second-order valence-corrected chi connectivity index (χ2v) is 5.53. The third-order valence-corrected chi connectivity index (χ3v) is 3.57. The van der Waals surface area contributed by atoms with E-state index in [0.29, 0.717) is 18.1 Å². The first-order valence-electron chi connectivity index (χ1n) is 5.17. The van der Waals surface area contributed by atoms with Crippen molar-refractivity contribution >= 4 is 39.2 Å². The van der Waals surface area contributed by atoms with Gasteiger partial charge in [0.2, 0.25) is 0 Å². The molecule has 0 aromatic heterocycles. The highest BCUT2D eigenvalue weighted by molar-refractivity contribution is 9.10. The lowest BCUT2D eigenvalue weighted by Crippen LogP contribution is -2.65. The van der Waals surface area contributed by atoms with E-state index in [1.165, 1.54) is 0 Å². The van der Waals surface area contributed by atoms with Crippen LogP contribution in [0.2, 0.25) is 5.02 Å². The fraction of sp³-hybridized carbons (Fsp3) is 0.364. The fourth-order valence-electron chi connectivity index (χ4n) is 1.85. The minimum Gasteiger partial charge on any atom is -0.481 e. The standard InChI is InChI=1S/C11H12BrClN2O2/c12-7-1-2-8(13)9(3-7)15-11(4-10(16)17)5-14-6-11/h1-3,14-15H,4-6H2,(H,16,17). The molecule has 1 aliphatic rings. The number of anilines is 1. The monoisotopic (exact) mass is 318 g/mol. The van der Waals surface area contributed by atoms with Crippen LogP contribution in [0.1, 0.15) is 6.42 Å². The number of hydrogen-bond donors (Lipinski definition) is 3. The Bertz CT molecular complexity index is 449. The van der Waals surface area contributed by atoms with Crippen LogP contribution in [0, 0.1) is 0 Å². The molecule has 1 aliphatic heterocycles. The molecule has 0 aliphatic carbocycles. The Labute approximate surface area is 112 Å². The lowest BCUT2D eigenvalue weighted by atomic mass is 9.88. The maximum Gasteiger partial charge on any atom is 0.305 e. The van der Waals surface area contributed by atoms with Crippen molar-refractivity contribution in [2.24, 2.45) is 0 Å². The molecule has 4 nitrogen and oxygen atoms in total. The van der Waals surface area contributed by atoms with Crippen molar-refractivity contribution in [3.8, 4) is 0 Å². The van der Waals surface area contributed by atoms with E-state index in [1.54, 1.807) is 6.07 Å². The number of nitrogens with one attached hydrogen (secondary N) is 2. The van der Waals surface area contributed by atoms with E-state index in [2.05, 4.69) is 26.6 Å². The van der Waals surface area contributed by atoms with Gasteiger partial charge in [-0.15, -0.1) is 0 Å². The molecule has 92 valence electrons. The van der Waals surface area contributed by atoms with Crippen LogP contribution in [0.3, 0.4) is 0 Å². The summed E-state index contributed by atoms with van der Waals surface area (Å²) in [5, 5.41) is 15.8. The molecular formula is C11H12BrClN2O2. The highest BCUT2D eigenvalue weighted by Crippen LogP contribution is 2.30. The molecule has 0 bridgehead atoms. The van der Waals surface area contributed by atoms with Gasteiger partial charge >= 0.3 is 5.97 Å². The average Bonchev–Trinajstić information content (AvgIpc) is 2.19. The first-order valence-corrected chi connectivity index (χ1v) is 6.34. The predicted octanol–water partition coefficient (Wildman–Crippen LogP) is 2.33. The van der Waals surface area contributed by atoms with Crippen LogP contribution in [0.4, 0.5) is 5.69 Å². The smallest absolute Gasteiger partial charge is 0.305 e. The summed E-state index contributed by atoms with van der Waals surface area (Å²) in [6, 6.07) is 5.47. The van der Waals surface area contributed by atoms with Crippen LogP contribution in [0.5, 0.6) is 0 Å². The molecule has 1 aromatic carbocycles. The molecule has 0 radical (unpaired) electrons. The normalized spacial score (nSPS) is 17.3. The van der Waals surface area contributed by atoms with Gasteiger partial charge in [-0.25, -0.2) is 0 Å². The Morgan fingerprint density at radius 1 is 1.59 bits per heavy atom. The number of hydrogen-bond acceptors (Lipinski definition) is 3. The number of rotatable bonds is 4. The van der Waals surface area contributed by atoms with Gasteiger partial charge in [0.25, 0.3) is 0 Å². The van der Waals surface area contributed by atoms with E-state index < -0.39 is 11.5 Å². The zero-order valence-corrected chi connectivity index (χ0v) is 11.3. The molecule has 6 heteroatoms. The van der Waals surface area contributed by atoms with Crippen molar-refractivity contribution < 1.29 is 9.90 Å². The number of aliphatic carboxylic acids is 1. The molecular weight excluding hydrogens is 307 g/mol. The second-order valence-electron chi connectivity index (χ2n) is 4.20. The van der Waals surface area contributed by atoms with Crippen molar-refractivity contribution in [3.63, 3.8) is 0 Å². The van der Waals surface area contributed by atoms with E-state index in [0.717, 1.165) is 10.2 Å². The number of carbonyl (C=O) groups is 1. The van der Waals surface area contributed by atoms with Gasteiger partial charge < -0.3 is 15.7 Å². The Morgan fingerprint density at radius 2 is 2.29 bits per heavy atom. The van der Waals surface area contributed by atoms with E-state index >= 15 is 0 Å². The maximum absolute atomic E-state index is 10.8. The highest BCUT2D eigenvalue weighted by Gasteiger charge is 2.39. The van der Waals surface area contributed by atoms with E-state index in [4.69, 9.17) is 16.7 Å². The predicted molar refractivity (Wildman–Crippen MR) is 70.6 cm³/mol. The fourth-order valence-corrected chi connectivity index (χ4v) is 2.38. The zero-order chi connectivity index (χ0) is 12.5. The van der Waals surface area contributed by atoms with E-state index in [9.17, 15) is 4.79 Å². The number of carboxylic acid groups (broad SMARTS) is 1. The van der Waals surface area contributed by atoms with Crippen molar-refractivity contribution in [2.75, 3.05) is 18.4 Å². The summed E-state index contributed by atoms with van der Waals surface area (Å²) in [4.78, 5) is 10.8. The molecule has 0 unspecified atom stereocenters. The van der Waals surface area contributed by atoms with Crippen LogP contribution in [0.25, 0.3) is 0 Å². The van der Waals surface area contributed by atoms with Gasteiger partial charge in [-0.05, 0) is 18.2 Å². The van der Waals surface area contributed by atoms with Gasteiger partial charge in [-0.3, -0.25) is 4.79 Å². The van der Waals surface area contributed by atoms with Crippen molar-refractivity contribution in [3.05, 3.63) is 27.7 Å². The Hall–Kier alpha value is -0.780. The molecule has 0 spiro atoms. The van der Waals surface area contributed by atoms with Crippen LogP contribution in [0.15, 0.2) is 22.7 Å². The van der Waals surface area contributed by atoms with Gasteiger partial charge in [-0.1, -0.05) is 27.5 Å². The Kier molecular flexibility index (Phi) is 3.61. The largest absolute Gasteiger partial charge is 0.481 e. The van der Waals surface area contributed by atoms with Crippen LogP contribution in [-0.4, -0.2) is 29.7 Å². The van der Waals surface area contributed by atoms with Gasteiger partial charge in [0.15, 0.2) is 0 Å². The topological polar surface area (TPSA) is 61.4 Å². The summed E-state index contributed by atoms with van der Waals surface area (Å²) < 4.78 is 0.905. The van der Waals surface area contributed by atoms with Crippen molar-refractivity contribution in [1.29, 1.82) is 0 Å². The van der Waals surface area contributed by atoms with Gasteiger partial charge in [-0.2, -0.15) is 0 Å². The summed E-state index contributed by atoms with van der Waals surface area (Å²) in [6.07, 6.45) is 0.0723. The zero-order valence-electron chi connectivity index (χ0n) is 8.96. The molecule has 17 heavy (non-hydrogen) atoms. The lowest BCUT2D eigenvalue weighted by molar-refractivity contribution is -0.138. The summed E-state index contributed by atoms with van der Waals surface area (Å²) >= 11 is 9.43. The van der Waals surface area contributed by atoms with E-state index in [-0.39, 0.29) is 6.42 Å². The molecule has 0 atom stereocenters. The third kappa shape index (κ3) is 2.91. The summed E-state index contributed by atoms with van der Waals surface area (Å²) in [5.74, 6) is -0.815. The van der Waals surface area contributed by atoms with Crippen LogP contribution in [-0.2, 0) is 4.79 Å². The Morgan fingerprint density at radius 3 is 2.82 bits per heavy atom. The number of benzene rings is 1. The first kappa shape index (κ1) is 12.7. The molecule has 3 N–H and O–H groups in total. The summed E-state index contributed by atoms with van der Waals surface area (Å²) in [5.41, 5.74) is 0.319. The SMILES string of the molecule is O=C(O)CC1(Nc2cc(Br)ccc2Cl)CNC1. The van der Waals surface area contributed by atoms with Crippen LogP contribution >= 0.6 is 27.5 Å². The first-order chi connectivity index (χ1) is 8.01. The quantitative estimate of drug-likeness (QED) is 0.797. The maximum atomic E-state index is 10.8. The van der Waals surface area contributed by atoms with Crippen molar-refractivity contribution in [1.82, 2.24) is 5.32 Å². The molecule has 0 saturated carbocycles. The average molecular weight is 320 g/mol. The van der Waals surface area contributed by atoms with Crippen molar-refractivity contribution in [2.45, 2.75) is 12.0 Å². The van der Waals surface area contributed by atoms with Gasteiger partial charge in [0.05, 0.1) is 22.7 Å².